The Balaban J connectivity index is 1.70. The second-order valence-electron chi connectivity index (χ2n) is 6.16. The van der Waals surface area contributed by atoms with E-state index in [1.54, 1.807) is 73.7 Å². The third-order valence-corrected chi connectivity index (χ3v) is 4.67. The number of hydrogen-bond donors (Lipinski definition) is 2. The lowest BCUT2D eigenvalue weighted by atomic mass is 10.1. The van der Waals surface area contributed by atoms with Gasteiger partial charge in [-0.05, 0) is 61.0 Å². The lowest BCUT2D eigenvalue weighted by Gasteiger charge is -2.08. The molecule has 0 fully saturated rings. The van der Waals surface area contributed by atoms with Gasteiger partial charge in [0.25, 0.3) is 11.8 Å². The van der Waals surface area contributed by atoms with Gasteiger partial charge in [-0.3, -0.25) is 9.59 Å². The summed E-state index contributed by atoms with van der Waals surface area (Å²) in [6.07, 6.45) is 0. The first kappa shape index (κ1) is 20.6. The fourth-order valence-corrected chi connectivity index (χ4v) is 2.88. The van der Waals surface area contributed by atoms with E-state index in [1.807, 2.05) is 6.07 Å². The highest BCUT2D eigenvalue weighted by atomic mass is 35.5. The molecule has 146 valence electrons. The van der Waals surface area contributed by atoms with Crippen molar-refractivity contribution in [2.24, 2.45) is 5.10 Å². The molecule has 0 aliphatic heterocycles. The molecule has 0 radical (unpaired) electrons. The van der Waals surface area contributed by atoms with Crippen molar-refractivity contribution < 1.29 is 9.59 Å². The van der Waals surface area contributed by atoms with E-state index in [2.05, 4.69) is 15.8 Å². The van der Waals surface area contributed by atoms with Gasteiger partial charge in [0.05, 0.1) is 16.3 Å². The first-order valence-corrected chi connectivity index (χ1v) is 9.46. The predicted molar refractivity (Wildman–Crippen MR) is 117 cm³/mol. The van der Waals surface area contributed by atoms with Crippen LogP contribution in [-0.4, -0.2) is 17.5 Å². The molecule has 29 heavy (non-hydrogen) atoms. The van der Waals surface area contributed by atoms with Crippen molar-refractivity contribution in [3.63, 3.8) is 0 Å². The monoisotopic (exact) mass is 425 g/mol. The molecule has 3 aromatic rings. The quantitative estimate of drug-likeness (QED) is 0.424. The minimum absolute atomic E-state index is 0.250. The summed E-state index contributed by atoms with van der Waals surface area (Å²) < 4.78 is 0. The number of hydrazone groups is 1. The maximum atomic E-state index is 12.4. The molecule has 0 unspecified atom stereocenters. The molecule has 0 aromatic heterocycles. The van der Waals surface area contributed by atoms with E-state index in [0.717, 1.165) is 5.56 Å². The van der Waals surface area contributed by atoms with E-state index in [-0.39, 0.29) is 5.91 Å². The molecule has 2 N–H and O–H groups in total. The number of carbonyl (C=O) groups is 2. The number of rotatable bonds is 5. The summed E-state index contributed by atoms with van der Waals surface area (Å²) in [7, 11) is 0. The van der Waals surface area contributed by atoms with E-state index in [4.69, 9.17) is 23.2 Å². The molecule has 7 heteroatoms. The third-order valence-electron chi connectivity index (χ3n) is 4.09. The Hall–Kier alpha value is -3.15. The van der Waals surface area contributed by atoms with Crippen LogP contribution in [-0.2, 0) is 0 Å². The molecular formula is C22H17Cl2N3O2. The van der Waals surface area contributed by atoms with Gasteiger partial charge in [-0.25, -0.2) is 5.43 Å². The van der Waals surface area contributed by atoms with Gasteiger partial charge in [-0.2, -0.15) is 5.10 Å². The van der Waals surface area contributed by atoms with Gasteiger partial charge in [0, 0.05) is 16.3 Å². The summed E-state index contributed by atoms with van der Waals surface area (Å²) in [5, 5.41) is 7.88. The molecule has 0 spiro atoms. The molecule has 0 saturated heterocycles. The van der Waals surface area contributed by atoms with Crippen molar-refractivity contribution >= 4 is 46.4 Å². The Morgan fingerprint density at radius 3 is 2.28 bits per heavy atom. The first-order valence-electron chi connectivity index (χ1n) is 8.70. The standard InChI is InChI=1S/C22H17Cl2N3O2/c1-14(26-27-22(29)19-7-2-3-8-20(19)24)16-5-4-6-18(13-16)25-21(28)15-9-11-17(23)12-10-15/h2-13H,1H3,(H,25,28)(H,27,29). The van der Waals surface area contributed by atoms with Gasteiger partial charge >= 0.3 is 0 Å². The second kappa shape index (κ2) is 9.37. The van der Waals surface area contributed by atoms with Crippen LogP contribution < -0.4 is 10.7 Å². The second-order valence-corrected chi connectivity index (χ2v) is 7.00. The molecule has 0 saturated carbocycles. The van der Waals surface area contributed by atoms with Crippen LogP contribution >= 0.6 is 23.2 Å². The Morgan fingerprint density at radius 2 is 1.55 bits per heavy atom. The van der Waals surface area contributed by atoms with Crippen LogP contribution in [0.15, 0.2) is 77.9 Å². The summed E-state index contributed by atoms with van der Waals surface area (Å²) in [5.41, 5.74) is 5.27. The number of nitrogens with zero attached hydrogens (tertiary/aromatic N) is 1. The summed E-state index contributed by atoms with van der Waals surface area (Å²) in [6, 6.07) is 20.5. The number of anilines is 1. The maximum absolute atomic E-state index is 12.4. The Morgan fingerprint density at radius 1 is 0.828 bits per heavy atom. The van der Waals surface area contributed by atoms with Crippen molar-refractivity contribution in [2.45, 2.75) is 6.92 Å². The number of halogens is 2. The molecule has 5 nitrogen and oxygen atoms in total. The zero-order chi connectivity index (χ0) is 20.8. The Bertz CT molecular complexity index is 1080. The number of benzene rings is 3. The van der Waals surface area contributed by atoms with Gasteiger partial charge in [0.1, 0.15) is 0 Å². The summed E-state index contributed by atoms with van der Waals surface area (Å²) in [6.45, 7) is 1.76. The average molecular weight is 426 g/mol. The normalized spacial score (nSPS) is 11.1. The fraction of sp³-hybridized carbons (Fsp3) is 0.0455. The molecule has 3 rings (SSSR count). The lowest BCUT2D eigenvalue weighted by Crippen LogP contribution is -2.19. The highest BCUT2D eigenvalue weighted by molar-refractivity contribution is 6.33. The first-order chi connectivity index (χ1) is 13.9. The highest BCUT2D eigenvalue weighted by Crippen LogP contribution is 2.16. The molecular weight excluding hydrogens is 409 g/mol. The molecule has 0 aliphatic carbocycles. The summed E-state index contributed by atoms with van der Waals surface area (Å²) in [4.78, 5) is 24.6. The predicted octanol–water partition coefficient (Wildman–Crippen LogP) is 5.40. The van der Waals surface area contributed by atoms with Crippen molar-refractivity contribution in [2.75, 3.05) is 5.32 Å². The molecule has 0 aliphatic rings. The summed E-state index contributed by atoms with van der Waals surface area (Å²) in [5.74, 6) is -0.650. The topological polar surface area (TPSA) is 70.6 Å². The smallest absolute Gasteiger partial charge is 0.272 e. The van der Waals surface area contributed by atoms with Gasteiger partial charge < -0.3 is 5.32 Å². The van der Waals surface area contributed by atoms with Crippen LogP contribution in [0, 0.1) is 0 Å². The molecule has 0 heterocycles. The van der Waals surface area contributed by atoms with Gasteiger partial charge in [0.15, 0.2) is 0 Å². The number of hydrogen-bond acceptors (Lipinski definition) is 3. The minimum atomic E-state index is -0.401. The van der Waals surface area contributed by atoms with E-state index in [9.17, 15) is 9.59 Å². The number of nitrogens with one attached hydrogen (secondary N) is 2. The van der Waals surface area contributed by atoms with E-state index >= 15 is 0 Å². The average Bonchev–Trinajstić information content (AvgIpc) is 2.72. The lowest BCUT2D eigenvalue weighted by molar-refractivity contribution is 0.0954. The van der Waals surface area contributed by atoms with E-state index in [0.29, 0.717) is 32.6 Å². The van der Waals surface area contributed by atoms with E-state index in [1.165, 1.54) is 0 Å². The molecule has 3 aromatic carbocycles. The van der Waals surface area contributed by atoms with Crippen molar-refractivity contribution in [3.05, 3.63) is 99.5 Å². The Labute approximate surface area is 178 Å². The van der Waals surface area contributed by atoms with Crippen molar-refractivity contribution in [3.8, 4) is 0 Å². The number of amides is 2. The maximum Gasteiger partial charge on any atom is 0.272 e. The number of carbonyl (C=O) groups excluding carboxylic acids is 2. The van der Waals surface area contributed by atoms with Crippen molar-refractivity contribution in [1.29, 1.82) is 0 Å². The largest absolute Gasteiger partial charge is 0.322 e. The molecule has 2 amide bonds. The zero-order valence-corrected chi connectivity index (χ0v) is 17.0. The van der Waals surface area contributed by atoms with Crippen molar-refractivity contribution in [1.82, 2.24) is 5.43 Å². The van der Waals surface area contributed by atoms with Crippen LogP contribution in [0.1, 0.15) is 33.2 Å². The molecule has 0 atom stereocenters. The van der Waals surface area contributed by atoms with E-state index < -0.39 is 5.91 Å². The van der Waals surface area contributed by atoms with Crippen LogP contribution in [0.4, 0.5) is 5.69 Å². The summed E-state index contributed by atoms with van der Waals surface area (Å²) >= 11 is 11.9. The highest BCUT2D eigenvalue weighted by Gasteiger charge is 2.10. The van der Waals surface area contributed by atoms with Crippen LogP contribution in [0.25, 0.3) is 0 Å². The van der Waals surface area contributed by atoms with Gasteiger partial charge in [-0.1, -0.05) is 47.5 Å². The van der Waals surface area contributed by atoms with Crippen LogP contribution in [0.5, 0.6) is 0 Å². The minimum Gasteiger partial charge on any atom is -0.322 e. The van der Waals surface area contributed by atoms with Gasteiger partial charge in [0.2, 0.25) is 0 Å². The van der Waals surface area contributed by atoms with Gasteiger partial charge in [-0.15, -0.1) is 0 Å². The Kier molecular flexibility index (Phi) is 6.65. The fourth-order valence-electron chi connectivity index (χ4n) is 2.53. The zero-order valence-electron chi connectivity index (χ0n) is 15.4. The molecule has 0 bridgehead atoms. The third kappa shape index (κ3) is 5.44. The SMILES string of the molecule is CC(=NNC(=O)c1ccccc1Cl)c1cccc(NC(=O)c2ccc(Cl)cc2)c1. The van der Waals surface area contributed by atoms with Crippen LogP contribution in [0.2, 0.25) is 10.0 Å². The van der Waals surface area contributed by atoms with Crippen LogP contribution in [0.3, 0.4) is 0 Å².